The number of fused-ring (bicyclic) bond motifs is 1. The molecule has 2 N–H and O–H groups in total. The number of aromatic nitrogens is 1. The number of nitrogens with two attached hydrogens (primary N) is 1. The maximum absolute atomic E-state index is 5.70. The molecule has 0 bridgehead atoms. The first-order chi connectivity index (χ1) is 8.65. The molecule has 0 aliphatic rings. The first-order valence-corrected chi connectivity index (χ1v) is 6.06. The fourth-order valence-electron chi connectivity index (χ4n) is 2.48. The zero-order valence-corrected chi connectivity index (χ0v) is 11.4. The molecule has 0 amide bonds. The van der Waals surface area contributed by atoms with Crippen LogP contribution in [0.1, 0.15) is 11.3 Å². The van der Waals surface area contributed by atoms with E-state index in [9.17, 15) is 0 Å². The van der Waals surface area contributed by atoms with E-state index in [1.807, 2.05) is 12.1 Å². The number of hydrogen-bond donors (Lipinski definition) is 1. The number of methoxy groups -OCH3 is 2. The van der Waals surface area contributed by atoms with E-state index in [0.29, 0.717) is 6.54 Å². The summed E-state index contributed by atoms with van der Waals surface area (Å²) in [6.45, 7) is 5.58. The quantitative estimate of drug-likeness (QED) is 0.902. The minimum atomic E-state index is 0.602. The standard InChI is InChI=1S/C14H20N2O2/c1-9-10(2)16(8-7-15)14-12(18-4)6-5-11(17-3)13(9)14/h5-6H,7-8,15H2,1-4H3. The lowest BCUT2D eigenvalue weighted by atomic mass is 10.1. The van der Waals surface area contributed by atoms with Crippen LogP contribution in [0, 0.1) is 13.8 Å². The molecule has 0 atom stereocenters. The largest absolute Gasteiger partial charge is 0.496 e. The molecule has 0 unspecified atom stereocenters. The molecule has 4 heteroatoms. The summed E-state index contributed by atoms with van der Waals surface area (Å²) in [6.07, 6.45) is 0. The van der Waals surface area contributed by atoms with Gasteiger partial charge in [0.1, 0.15) is 11.5 Å². The molecule has 0 radical (unpaired) electrons. The van der Waals surface area contributed by atoms with Crippen molar-refractivity contribution < 1.29 is 9.47 Å². The summed E-state index contributed by atoms with van der Waals surface area (Å²) in [5, 5.41) is 1.11. The first-order valence-electron chi connectivity index (χ1n) is 6.06. The number of aryl methyl sites for hydroxylation is 1. The Kier molecular flexibility index (Phi) is 3.48. The highest BCUT2D eigenvalue weighted by molar-refractivity contribution is 5.95. The van der Waals surface area contributed by atoms with Crippen molar-refractivity contribution in [1.29, 1.82) is 0 Å². The first kappa shape index (κ1) is 12.8. The van der Waals surface area contributed by atoms with Crippen LogP contribution in [0.3, 0.4) is 0 Å². The van der Waals surface area contributed by atoms with Crippen molar-refractivity contribution >= 4 is 10.9 Å². The van der Waals surface area contributed by atoms with Crippen LogP contribution in [0.25, 0.3) is 10.9 Å². The van der Waals surface area contributed by atoms with Crippen molar-refractivity contribution in [2.24, 2.45) is 5.73 Å². The van der Waals surface area contributed by atoms with Crippen molar-refractivity contribution in [3.8, 4) is 11.5 Å². The molecule has 0 fully saturated rings. The highest BCUT2D eigenvalue weighted by Gasteiger charge is 2.18. The molecule has 18 heavy (non-hydrogen) atoms. The highest BCUT2D eigenvalue weighted by Crippen LogP contribution is 2.38. The van der Waals surface area contributed by atoms with Gasteiger partial charge in [0.05, 0.1) is 19.7 Å². The maximum atomic E-state index is 5.70. The van der Waals surface area contributed by atoms with Gasteiger partial charge in [-0.2, -0.15) is 0 Å². The molecule has 0 aliphatic carbocycles. The fourth-order valence-corrected chi connectivity index (χ4v) is 2.48. The highest BCUT2D eigenvalue weighted by atomic mass is 16.5. The van der Waals surface area contributed by atoms with Gasteiger partial charge in [-0.1, -0.05) is 0 Å². The molecule has 98 valence electrons. The van der Waals surface area contributed by atoms with E-state index >= 15 is 0 Å². The van der Waals surface area contributed by atoms with E-state index in [1.165, 1.54) is 11.3 Å². The molecule has 2 aromatic rings. The Bertz CT molecular complexity index is 573. The predicted molar refractivity (Wildman–Crippen MR) is 73.6 cm³/mol. The van der Waals surface area contributed by atoms with Gasteiger partial charge in [0.15, 0.2) is 0 Å². The van der Waals surface area contributed by atoms with Gasteiger partial charge in [0, 0.05) is 24.2 Å². The average Bonchev–Trinajstić information content (AvgIpc) is 2.64. The molecular formula is C14H20N2O2. The average molecular weight is 248 g/mol. The third-order valence-electron chi connectivity index (χ3n) is 3.49. The van der Waals surface area contributed by atoms with Crippen molar-refractivity contribution in [1.82, 2.24) is 4.57 Å². The van der Waals surface area contributed by atoms with E-state index in [2.05, 4.69) is 18.4 Å². The fraction of sp³-hybridized carbons (Fsp3) is 0.429. The summed E-state index contributed by atoms with van der Waals surface area (Å²) in [5.74, 6) is 1.73. The lowest BCUT2D eigenvalue weighted by Crippen LogP contribution is -2.11. The van der Waals surface area contributed by atoms with Crippen LogP contribution in [0.5, 0.6) is 11.5 Å². The SMILES string of the molecule is COc1ccc(OC)c2c1c(C)c(C)n2CCN. The van der Waals surface area contributed by atoms with Crippen LogP contribution in [-0.4, -0.2) is 25.3 Å². The van der Waals surface area contributed by atoms with Crippen molar-refractivity contribution in [3.05, 3.63) is 23.4 Å². The molecule has 0 spiro atoms. The lowest BCUT2D eigenvalue weighted by Gasteiger charge is -2.11. The summed E-state index contributed by atoms with van der Waals surface area (Å²) in [6, 6.07) is 3.88. The van der Waals surface area contributed by atoms with Gasteiger partial charge < -0.3 is 19.8 Å². The zero-order chi connectivity index (χ0) is 13.3. The molecule has 1 aromatic heterocycles. The second kappa shape index (κ2) is 4.90. The van der Waals surface area contributed by atoms with E-state index in [-0.39, 0.29) is 0 Å². The Morgan fingerprint density at radius 1 is 1.11 bits per heavy atom. The smallest absolute Gasteiger partial charge is 0.143 e. The number of hydrogen-bond acceptors (Lipinski definition) is 3. The lowest BCUT2D eigenvalue weighted by molar-refractivity contribution is 0.409. The second-order valence-electron chi connectivity index (χ2n) is 4.34. The van der Waals surface area contributed by atoms with Gasteiger partial charge in [-0.25, -0.2) is 0 Å². The maximum Gasteiger partial charge on any atom is 0.143 e. The van der Waals surface area contributed by atoms with Crippen LogP contribution < -0.4 is 15.2 Å². The van der Waals surface area contributed by atoms with Crippen molar-refractivity contribution in [3.63, 3.8) is 0 Å². The Morgan fingerprint density at radius 2 is 1.72 bits per heavy atom. The molecule has 1 aromatic carbocycles. The van der Waals surface area contributed by atoms with E-state index in [1.54, 1.807) is 14.2 Å². The van der Waals surface area contributed by atoms with Crippen molar-refractivity contribution in [2.45, 2.75) is 20.4 Å². The molecule has 4 nitrogen and oxygen atoms in total. The summed E-state index contributed by atoms with van der Waals surface area (Å²) in [4.78, 5) is 0. The van der Waals surface area contributed by atoms with Crippen LogP contribution in [0.4, 0.5) is 0 Å². The molecule has 2 rings (SSSR count). The third kappa shape index (κ3) is 1.73. The molecular weight excluding hydrogens is 228 g/mol. The summed E-state index contributed by atoms with van der Waals surface area (Å²) in [5.41, 5.74) is 9.19. The summed E-state index contributed by atoms with van der Waals surface area (Å²) in [7, 11) is 3.38. The van der Waals surface area contributed by atoms with E-state index in [4.69, 9.17) is 15.2 Å². The number of nitrogens with zero attached hydrogens (tertiary/aromatic N) is 1. The minimum Gasteiger partial charge on any atom is -0.496 e. The van der Waals surface area contributed by atoms with Gasteiger partial charge in [0.25, 0.3) is 0 Å². The molecule has 0 aliphatic heterocycles. The van der Waals surface area contributed by atoms with Crippen molar-refractivity contribution in [2.75, 3.05) is 20.8 Å². The van der Waals surface area contributed by atoms with Crippen LogP contribution in [0.15, 0.2) is 12.1 Å². The second-order valence-corrected chi connectivity index (χ2v) is 4.34. The van der Waals surface area contributed by atoms with Gasteiger partial charge in [-0.15, -0.1) is 0 Å². The summed E-state index contributed by atoms with van der Waals surface area (Å²) >= 11 is 0. The normalized spacial score (nSPS) is 10.9. The Labute approximate surface area is 107 Å². The summed E-state index contributed by atoms with van der Waals surface area (Å²) < 4.78 is 13.1. The molecule has 0 saturated heterocycles. The number of rotatable bonds is 4. The van der Waals surface area contributed by atoms with E-state index in [0.717, 1.165) is 28.9 Å². The van der Waals surface area contributed by atoms with Gasteiger partial charge >= 0.3 is 0 Å². The van der Waals surface area contributed by atoms with Gasteiger partial charge in [0.2, 0.25) is 0 Å². The zero-order valence-electron chi connectivity index (χ0n) is 11.4. The molecule has 0 saturated carbocycles. The van der Waals surface area contributed by atoms with E-state index < -0.39 is 0 Å². The number of benzene rings is 1. The molecule has 1 heterocycles. The van der Waals surface area contributed by atoms with Gasteiger partial charge in [-0.3, -0.25) is 0 Å². The van der Waals surface area contributed by atoms with Crippen LogP contribution in [0.2, 0.25) is 0 Å². The third-order valence-corrected chi connectivity index (χ3v) is 3.49. The van der Waals surface area contributed by atoms with Gasteiger partial charge in [-0.05, 0) is 31.5 Å². The monoisotopic (exact) mass is 248 g/mol. The van der Waals surface area contributed by atoms with Crippen LogP contribution >= 0.6 is 0 Å². The minimum absolute atomic E-state index is 0.602. The predicted octanol–water partition coefficient (Wildman–Crippen LogP) is 2.23. The Balaban J connectivity index is 2.87. The van der Waals surface area contributed by atoms with Crippen LogP contribution in [-0.2, 0) is 6.54 Å². The topological polar surface area (TPSA) is 49.4 Å². The number of ether oxygens (including phenoxy) is 2. The Morgan fingerprint density at radius 3 is 2.28 bits per heavy atom. The Hall–Kier alpha value is -1.68.